The molecule has 2 aromatic rings. The molecule has 180 valence electrons. The van der Waals surface area contributed by atoms with Gasteiger partial charge in [-0.1, -0.05) is 13.8 Å². The summed E-state index contributed by atoms with van der Waals surface area (Å²) in [5.41, 5.74) is 5.45. The lowest BCUT2D eigenvalue weighted by Crippen LogP contribution is -2.43. The van der Waals surface area contributed by atoms with E-state index in [2.05, 4.69) is 0 Å². The van der Waals surface area contributed by atoms with E-state index < -0.39 is 34.6 Å². The lowest BCUT2D eigenvalue weighted by atomic mass is 10.1. The molecule has 0 aliphatic rings. The lowest BCUT2D eigenvalue weighted by molar-refractivity contribution is -0.136. The van der Waals surface area contributed by atoms with Gasteiger partial charge in [0, 0.05) is 29.9 Å². The van der Waals surface area contributed by atoms with Gasteiger partial charge in [0.15, 0.2) is 0 Å². The molecule has 2 aromatic carbocycles. The van der Waals surface area contributed by atoms with E-state index in [-0.39, 0.29) is 20.9 Å². The van der Waals surface area contributed by atoms with Crippen molar-refractivity contribution in [1.29, 1.82) is 0 Å². The van der Waals surface area contributed by atoms with Crippen LogP contribution in [0, 0.1) is 0 Å². The fourth-order valence-corrected chi connectivity index (χ4v) is 4.75. The normalized spacial score (nSPS) is 12.1. The van der Waals surface area contributed by atoms with Gasteiger partial charge in [-0.25, -0.2) is 8.42 Å². The SMILES string of the molecule is CCCN(CCC)S(=O)(=O)c1ccc(C(=O)N(CC(F)(F)F)C(=O)c2ccc(N)cc2)cc1. The van der Waals surface area contributed by atoms with Crippen molar-refractivity contribution in [2.24, 2.45) is 0 Å². The van der Waals surface area contributed by atoms with Gasteiger partial charge in [-0.3, -0.25) is 14.5 Å². The smallest absolute Gasteiger partial charge is 0.399 e. The number of anilines is 1. The van der Waals surface area contributed by atoms with Crippen LogP contribution in [-0.2, 0) is 10.0 Å². The predicted octanol–water partition coefficient (Wildman–Crippen LogP) is 3.92. The first kappa shape index (κ1) is 26.3. The topological polar surface area (TPSA) is 101 Å². The number of benzene rings is 2. The quantitative estimate of drug-likeness (QED) is 0.429. The third kappa shape index (κ3) is 6.78. The summed E-state index contributed by atoms with van der Waals surface area (Å²) >= 11 is 0. The summed E-state index contributed by atoms with van der Waals surface area (Å²) in [7, 11) is -3.83. The molecule has 11 heteroatoms. The van der Waals surface area contributed by atoms with Crippen LogP contribution in [-0.4, -0.2) is 55.2 Å². The van der Waals surface area contributed by atoms with Gasteiger partial charge in [0.25, 0.3) is 11.8 Å². The maximum Gasteiger partial charge on any atom is 0.406 e. The highest BCUT2D eigenvalue weighted by molar-refractivity contribution is 7.89. The minimum absolute atomic E-state index is 0.0789. The summed E-state index contributed by atoms with van der Waals surface area (Å²) in [5.74, 6) is -2.34. The summed E-state index contributed by atoms with van der Waals surface area (Å²) in [5, 5.41) is 0. The number of amides is 2. The first-order valence-corrected chi connectivity index (χ1v) is 11.7. The Morgan fingerprint density at radius 3 is 1.67 bits per heavy atom. The molecule has 0 heterocycles. The Kier molecular flexibility index (Phi) is 8.62. The number of nitrogens with two attached hydrogens (primary N) is 1. The minimum atomic E-state index is -4.83. The van der Waals surface area contributed by atoms with Crippen LogP contribution in [0.25, 0.3) is 0 Å². The zero-order valence-corrected chi connectivity index (χ0v) is 19.1. The Morgan fingerprint density at radius 1 is 0.848 bits per heavy atom. The number of sulfonamides is 1. The van der Waals surface area contributed by atoms with Crippen LogP contribution in [0.3, 0.4) is 0 Å². The van der Waals surface area contributed by atoms with Crippen molar-refractivity contribution >= 4 is 27.5 Å². The molecule has 0 fully saturated rings. The maximum atomic E-state index is 13.1. The van der Waals surface area contributed by atoms with E-state index in [4.69, 9.17) is 5.73 Å². The Morgan fingerprint density at radius 2 is 1.27 bits per heavy atom. The van der Waals surface area contributed by atoms with Crippen molar-refractivity contribution in [2.45, 2.75) is 37.8 Å². The summed E-state index contributed by atoms with van der Waals surface area (Å²) < 4.78 is 66.4. The van der Waals surface area contributed by atoms with E-state index in [1.54, 1.807) is 0 Å². The summed E-state index contributed by atoms with van der Waals surface area (Å²) in [6.45, 7) is 2.51. The van der Waals surface area contributed by atoms with Crippen LogP contribution >= 0.6 is 0 Å². The molecule has 2 rings (SSSR count). The van der Waals surface area contributed by atoms with E-state index in [9.17, 15) is 31.2 Å². The zero-order valence-electron chi connectivity index (χ0n) is 18.3. The highest BCUT2D eigenvalue weighted by Gasteiger charge is 2.37. The largest absolute Gasteiger partial charge is 0.406 e. The number of hydrogen-bond donors (Lipinski definition) is 1. The summed E-state index contributed by atoms with van der Waals surface area (Å²) in [4.78, 5) is 25.5. The first-order valence-electron chi connectivity index (χ1n) is 10.3. The summed E-state index contributed by atoms with van der Waals surface area (Å²) in [6, 6.07) is 9.62. The fourth-order valence-electron chi connectivity index (χ4n) is 3.12. The van der Waals surface area contributed by atoms with Gasteiger partial charge in [0.2, 0.25) is 10.0 Å². The summed E-state index contributed by atoms with van der Waals surface area (Å²) in [6.07, 6.45) is -3.62. The molecule has 0 radical (unpaired) electrons. The molecule has 0 spiro atoms. The van der Waals surface area contributed by atoms with Gasteiger partial charge in [-0.15, -0.1) is 0 Å². The van der Waals surface area contributed by atoms with Crippen LogP contribution in [0.1, 0.15) is 47.4 Å². The second-order valence-corrected chi connectivity index (χ2v) is 9.30. The van der Waals surface area contributed by atoms with Crippen LogP contribution in [0.2, 0.25) is 0 Å². The Balaban J connectivity index is 2.37. The van der Waals surface area contributed by atoms with Gasteiger partial charge in [0.05, 0.1) is 4.90 Å². The standard InChI is InChI=1S/C22H26F3N3O4S/c1-3-13-27(14-4-2)33(31,32)19-11-7-17(8-12-19)21(30)28(15-22(23,24)25)20(29)16-5-9-18(26)10-6-16/h5-12H,3-4,13-15,26H2,1-2H3. The van der Waals surface area contributed by atoms with Gasteiger partial charge in [-0.05, 0) is 61.4 Å². The molecule has 0 saturated heterocycles. The zero-order chi connectivity index (χ0) is 24.8. The highest BCUT2D eigenvalue weighted by Crippen LogP contribution is 2.22. The number of halogens is 3. The Labute approximate surface area is 191 Å². The maximum absolute atomic E-state index is 13.1. The van der Waals surface area contributed by atoms with Crippen molar-refractivity contribution in [3.05, 3.63) is 59.7 Å². The van der Waals surface area contributed by atoms with Crippen LogP contribution in [0.15, 0.2) is 53.4 Å². The second kappa shape index (κ2) is 10.8. The van der Waals surface area contributed by atoms with Crippen LogP contribution < -0.4 is 5.73 Å². The molecule has 2 amide bonds. The number of alkyl halides is 3. The molecule has 2 N–H and O–H groups in total. The number of carbonyl (C=O) groups excluding carboxylic acids is 2. The molecule has 0 atom stereocenters. The predicted molar refractivity (Wildman–Crippen MR) is 118 cm³/mol. The number of nitrogens with zero attached hydrogens (tertiary/aromatic N) is 2. The molecule has 0 aliphatic heterocycles. The van der Waals surface area contributed by atoms with Crippen molar-refractivity contribution in [3.63, 3.8) is 0 Å². The Hall–Kier alpha value is -2.92. The average molecular weight is 486 g/mol. The fraction of sp³-hybridized carbons (Fsp3) is 0.364. The van der Waals surface area contributed by atoms with Gasteiger partial charge in [-0.2, -0.15) is 17.5 Å². The number of nitrogen functional groups attached to an aromatic ring is 1. The molecule has 0 aromatic heterocycles. The van der Waals surface area contributed by atoms with Crippen molar-refractivity contribution in [1.82, 2.24) is 9.21 Å². The van der Waals surface area contributed by atoms with E-state index in [0.29, 0.717) is 31.6 Å². The van der Waals surface area contributed by atoms with E-state index >= 15 is 0 Å². The number of imide groups is 1. The minimum Gasteiger partial charge on any atom is -0.399 e. The third-order valence-electron chi connectivity index (χ3n) is 4.67. The molecule has 7 nitrogen and oxygen atoms in total. The molecular formula is C22H26F3N3O4S. The van der Waals surface area contributed by atoms with Crippen molar-refractivity contribution in [2.75, 3.05) is 25.4 Å². The third-order valence-corrected chi connectivity index (χ3v) is 6.58. The number of hydrogen-bond acceptors (Lipinski definition) is 5. The highest BCUT2D eigenvalue weighted by atomic mass is 32.2. The number of rotatable bonds is 9. The second-order valence-electron chi connectivity index (χ2n) is 7.36. The van der Waals surface area contributed by atoms with E-state index in [1.165, 1.54) is 28.6 Å². The van der Waals surface area contributed by atoms with Gasteiger partial charge in [0.1, 0.15) is 6.54 Å². The van der Waals surface area contributed by atoms with E-state index in [0.717, 1.165) is 24.3 Å². The van der Waals surface area contributed by atoms with Crippen molar-refractivity contribution in [3.8, 4) is 0 Å². The Bertz CT molecular complexity index is 1060. The van der Waals surface area contributed by atoms with E-state index in [1.807, 2.05) is 13.8 Å². The number of carbonyl (C=O) groups is 2. The lowest BCUT2D eigenvalue weighted by Gasteiger charge is -2.23. The molecule has 0 aliphatic carbocycles. The monoisotopic (exact) mass is 485 g/mol. The van der Waals surface area contributed by atoms with Gasteiger partial charge >= 0.3 is 6.18 Å². The average Bonchev–Trinajstić information content (AvgIpc) is 2.76. The molecule has 0 unspecified atom stereocenters. The van der Waals surface area contributed by atoms with Crippen LogP contribution in [0.5, 0.6) is 0 Å². The van der Waals surface area contributed by atoms with Gasteiger partial charge < -0.3 is 5.73 Å². The molecule has 0 saturated carbocycles. The van der Waals surface area contributed by atoms with Crippen molar-refractivity contribution < 1.29 is 31.2 Å². The molecule has 33 heavy (non-hydrogen) atoms. The first-order chi connectivity index (χ1) is 15.4. The van der Waals surface area contributed by atoms with Crippen LogP contribution in [0.4, 0.5) is 18.9 Å². The molecular weight excluding hydrogens is 459 g/mol. The molecule has 0 bridgehead atoms.